The molecule has 1 unspecified atom stereocenters. The van der Waals surface area contributed by atoms with Crippen LogP contribution in [0.3, 0.4) is 0 Å². The first-order valence-electron chi connectivity index (χ1n) is 8.54. The fourth-order valence-corrected chi connectivity index (χ4v) is 2.36. The molecule has 0 radical (unpaired) electrons. The predicted octanol–water partition coefficient (Wildman–Crippen LogP) is 3.67. The van der Waals surface area contributed by atoms with E-state index in [1.165, 1.54) is 0 Å². The van der Waals surface area contributed by atoms with Gasteiger partial charge in [0.2, 0.25) is 0 Å². The van der Waals surface area contributed by atoms with Crippen LogP contribution in [0.2, 0.25) is 0 Å². The van der Waals surface area contributed by atoms with Crippen LogP contribution in [0.25, 0.3) is 0 Å². The highest BCUT2D eigenvalue weighted by Crippen LogP contribution is 2.29. The molecule has 0 N–H and O–H groups in total. The second kappa shape index (κ2) is 10.6. The van der Waals surface area contributed by atoms with Gasteiger partial charge in [-0.05, 0) is 24.8 Å². The number of nitro groups is 2. The SMILES string of the molecule is C#CC(CCCCOCc1ccccc1)Oc1ncc([N+](=O)[O-])cc1[N+](=O)[O-]. The predicted molar refractivity (Wildman–Crippen MR) is 101 cm³/mol. The first kappa shape index (κ1) is 20.8. The molecule has 2 rings (SSSR count). The van der Waals surface area contributed by atoms with E-state index in [4.69, 9.17) is 15.9 Å². The molecule has 28 heavy (non-hydrogen) atoms. The zero-order chi connectivity index (χ0) is 20.4. The Morgan fingerprint density at radius 1 is 1.14 bits per heavy atom. The average molecular weight is 385 g/mol. The summed E-state index contributed by atoms with van der Waals surface area (Å²) in [7, 11) is 0. The zero-order valence-electron chi connectivity index (χ0n) is 15.0. The molecule has 0 saturated carbocycles. The van der Waals surface area contributed by atoms with Crippen molar-refractivity contribution in [2.75, 3.05) is 6.61 Å². The maximum atomic E-state index is 11.1. The Morgan fingerprint density at radius 2 is 1.89 bits per heavy atom. The lowest BCUT2D eigenvalue weighted by atomic mass is 10.1. The highest BCUT2D eigenvalue weighted by molar-refractivity contribution is 5.48. The lowest BCUT2D eigenvalue weighted by molar-refractivity contribution is -0.395. The fraction of sp³-hybridized carbons (Fsp3) is 0.316. The number of rotatable bonds is 11. The first-order valence-corrected chi connectivity index (χ1v) is 8.54. The van der Waals surface area contributed by atoms with E-state index in [0.29, 0.717) is 26.1 Å². The number of nitrogens with zero attached hydrogens (tertiary/aromatic N) is 3. The van der Waals surface area contributed by atoms with Crippen molar-refractivity contribution in [1.29, 1.82) is 0 Å². The van der Waals surface area contributed by atoms with E-state index in [1.54, 1.807) is 0 Å². The molecule has 9 heteroatoms. The topological polar surface area (TPSA) is 118 Å². The average Bonchev–Trinajstić information content (AvgIpc) is 2.70. The molecule has 1 aromatic heterocycles. The molecular weight excluding hydrogens is 366 g/mol. The van der Waals surface area contributed by atoms with Gasteiger partial charge in [0, 0.05) is 6.61 Å². The summed E-state index contributed by atoms with van der Waals surface area (Å²) in [4.78, 5) is 24.0. The largest absolute Gasteiger partial charge is 0.456 e. The van der Waals surface area contributed by atoms with Crippen molar-refractivity contribution in [3.05, 3.63) is 68.4 Å². The summed E-state index contributed by atoms with van der Waals surface area (Å²) in [5.41, 5.74) is -0.00333. The molecule has 0 amide bonds. The number of ether oxygens (including phenoxy) is 2. The van der Waals surface area contributed by atoms with E-state index in [1.807, 2.05) is 30.3 Å². The van der Waals surface area contributed by atoms with E-state index in [9.17, 15) is 20.2 Å². The first-order chi connectivity index (χ1) is 13.5. The van der Waals surface area contributed by atoms with Gasteiger partial charge in [-0.1, -0.05) is 36.3 Å². The van der Waals surface area contributed by atoms with Gasteiger partial charge >= 0.3 is 5.69 Å². The van der Waals surface area contributed by atoms with Crippen molar-refractivity contribution in [2.45, 2.75) is 32.0 Å². The van der Waals surface area contributed by atoms with Crippen LogP contribution in [-0.4, -0.2) is 27.5 Å². The smallest absolute Gasteiger partial charge is 0.337 e. The minimum atomic E-state index is -0.791. The number of hydrogen-bond acceptors (Lipinski definition) is 7. The molecule has 0 aliphatic rings. The second-order valence-electron chi connectivity index (χ2n) is 5.84. The second-order valence-corrected chi connectivity index (χ2v) is 5.84. The monoisotopic (exact) mass is 385 g/mol. The quantitative estimate of drug-likeness (QED) is 0.251. The molecule has 1 atom stereocenters. The third kappa shape index (κ3) is 6.34. The maximum absolute atomic E-state index is 11.1. The fourth-order valence-electron chi connectivity index (χ4n) is 2.36. The third-order valence-corrected chi connectivity index (χ3v) is 3.78. The maximum Gasteiger partial charge on any atom is 0.337 e. The van der Waals surface area contributed by atoms with Crippen LogP contribution in [0.15, 0.2) is 42.6 Å². The van der Waals surface area contributed by atoms with E-state index in [2.05, 4.69) is 10.9 Å². The molecule has 9 nitrogen and oxygen atoms in total. The van der Waals surface area contributed by atoms with Crippen LogP contribution < -0.4 is 4.74 Å². The van der Waals surface area contributed by atoms with E-state index in [0.717, 1.165) is 24.2 Å². The molecule has 146 valence electrons. The Labute approximate surface area is 161 Å². The standard InChI is InChI=1S/C19H19N3O6/c1-2-17(10-6-7-11-27-14-15-8-4-3-5-9-15)28-19-18(22(25)26)12-16(13-20-19)21(23)24/h1,3-5,8-9,12-13,17H,6-7,10-11,14H2. The van der Waals surface area contributed by atoms with Crippen LogP contribution in [-0.2, 0) is 11.3 Å². The Balaban J connectivity index is 1.81. The minimum absolute atomic E-state index is 0.334. The van der Waals surface area contributed by atoms with Gasteiger partial charge in [0.15, 0.2) is 6.10 Å². The summed E-state index contributed by atoms with van der Waals surface area (Å²) in [5.74, 6) is 2.08. The number of aromatic nitrogens is 1. The molecule has 1 aromatic carbocycles. The van der Waals surface area contributed by atoms with Gasteiger partial charge in [0.1, 0.15) is 12.3 Å². The van der Waals surface area contributed by atoms with Gasteiger partial charge in [0.25, 0.3) is 11.6 Å². The van der Waals surface area contributed by atoms with Crippen LogP contribution in [0.5, 0.6) is 5.88 Å². The summed E-state index contributed by atoms with van der Waals surface area (Å²) < 4.78 is 11.0. The van der Waals surface area contributed by atoms with E-state index < -0.39 is 27.3 Å². The van der Waals surface area contributed by atoms with E-state index >= 15 is 0 Å². The van der Waals surface area contributed by atoms with Crippen LogP contribution in [0.1, 0.15) is 24.8 Å². The van der Waals surface area contributed by atoms with Crippen molar-refractivity contribution in [2.24, 2.45) is 0 Å². The van der Waals surface area contributed by atoms with Gasteiger partial charge in [-0.25, -0.2) is 4.98 Å². The van der Waals surface area contributed by atoms with Crippen LogP contribution in [0, 0.1) is 32.6 Å². The Bertz CT molecular complexity index is 850. The van der Waals surface area contributed by atoms with Crippen LogP contribution in [0.4, 0.5) is 11.4 Å². The van der Waals surface area contributed by atoms with Gasteiger partial charge in [-0.2, -0.15) is 0 Å². The summed E-state index contributed by atoms with van der Waals surface area (Å²) in [6.07, 6.45) is 7.46. The van der Waals surface area contributed by atoms with E-state index in [-0.39, 0.29) is 5.88 Å². The van der Waals surface area contributed by atoms with Crippen molar-refractivity contribution < 1.29 is 19.3 Å². The van der Waals surface area contributed by atoms with Gasteiger partial charge in [-0.15, -0.1) is 6.42 Å². The molecule has 0 aliphatic carbocycles. The number of benzene rings is 1. The molecule has 1 heterocycles. The van der Waals surface area contributed by atoms with Crippen molar-refractivity contribution in [3.63, 3.8) is 0 Å². The van der Waals surface area contributed by atoms with Crippen molar-refractivity contribution in [1.82, 2.24) is 4.98 Å². The third-order valence-electron chi connectivity index (χ3n) is 3.78. The molecule has 0 spiro atoms. The lowest BCUT2D eigenvalue weighted by Crippen LogP contribution is -2.16. The minimum Gasteiger partial charge on any atom is -0.456 e. The summed E-state index contributed by atoms with van der Waals surface area (Å²) in [6.45, 7) is 1.07. The summed E-state index contributed by atoms with van der Waals surface area (Å²) >= 11 is 0. The van der Waals surface area contributed by atoms with Crippen molar-refractivity contribution in [3.8, 4) is 18.2 Å². The Hall–Kier alpha value is -3.51. The molecule has 0 fully saturated rings. The lowest BCUT2D eigenvalue weighted by Gasteiger charge is -2.13. The highest BCUT2D eigenvalue weighted by Gasteiger charge is 2.24. The Kier molecular flexibility index (Phi) is 7.87. The van der Waals surface area contributed by atoms with Gasteiger partial charge < -0.3 is 9.47 Å². The summed E-state index contributed by atoms with van der Waals surface area (Å²) in [5, 5.41) is 21.9. The number of terminal acetylenes is 1. The van der Waals surface area contributed by atoms with Crippen molar-refractivity contribution >= 4 is 11.4 Å². The normalized spacial score (nSPS) is 11.4. The number of pyridine rings is 1. The molecular formula is C19H19N3O6. The highest BCUT2D eigenvalue weighted by atomic mass is 16.6. The summed E-state index contributed by atoms with van der Waals surface area (Å²) in [6, 6.07) is 10.6. The Morgan fingerprint density at radius 3 is 2.54 bits per heavy atom. The van der Waals surface area contributed by atoms with Crippen LogP contribution >= 0.6 is 0 Å². The molecule has 0 saturated heterocycles. The molecule has 0 bridgehead atoms. The number of unbranched alkanes of at least 4 members (excludes halogenated alkanes) is 1. The van der Waals surface area contributed by atoms with Gasteiger partial charge in [0.05, 0.1) is 16.5 Å². The van der Waals surface area contributed by atoms with Gasteiger partial charge in [-0.3, -0.25) is 20.2 Å². The number of hydrogen-bond donors (Lipinski definition) is 0. The zero-order valence-corrected chi connectivity index (χ0v) is 15.0. The molecule has 2 aromatic rings. The molecule has 0 aliphatic heterocycles.